The summed E-state index contributed by atoms with van der Waals surface area (Å²) >= 11 is 0. The molecule has 0 aliphatic carbocycles. The average molecular weight is 163 g/mol. The molecule has 0 aromatic heterocycles. The molecule has 1 atom stereocenters. The summed E-state index contributed by atoms with van der Waals surface area (Å²) in [6, 6.07) is -1.07. The Morgan fingerprint density at radius 2 is 2.09 bits per heavy atom. The van der Waals surface area contributed by atoms with Crippen molar-refractivity contribution in [2.45, 2.75) is 18.9 Å². The van der Waals surface area contributed by atoms with Gasteiger partial charge in [-0.25, -0.2) is 4.79 Å². The highest BCUT2D eigenvalue weighted by Gasteiger charge is 2.15. The van der Waals surface area contributed by atoms with E-state index in [9.17, 15) is 9.59 Å². The maximum atomic E-state index is 10.3. The van der Waals surface area contributed by atoms with Gasteiger partial charge in [-0.3, -0.25) is 9.68 Å². The largest absolute Gasteiger partial charge is 0.481 e. The van der Waals surface area contributed by atoms with Gasteiger partial charge in [-0.15, -0.1) is 0 Å². The van der Waals surface area contributed by atoms with Crippen molar-refractivity contribution in [1.82, 2.24) is 0 Å². The molecule has 0 fully saturated rings. The Morgan fingerprint density at radius 1 is 1.55 bits per heavy atom. The van der Waals surface area contributed by atoms with Crippen LogP contribution >= 0.6 is 0 Å². The van der Waals surface area contributed by atoms with Crippen molar-refractivity contribution in [1.29, 1.82) is 0 Å². The second-order valence-corrected chi connectivity index (χ2v) is 1.95. The van der Waals surface area contributed by atoms with Crippen LogP contribution in [-0.2, 0) is 14.5 Å². The van der Waals surface area contributed by atoms with Crippen molar-refractivity contribution in [3.05, 3.63) is 0 Å². The Kier molecular flexibility index (Phi) is 4.16. The summed E-state index contributed by atoms with van der Waals surface area (Å²) in [6.45, 7) is 0. The number of hydrogen-bond acceptors (Lipinski definition) is 5. The van der Waals surface area contributed by atoms with Crippen LogP contribution in [0.5, 0.6) is 0 Å². The molecule has 0 radical (unpaired) electrons. The molecule has 0 spiro atoms. The Morgan fingerprint density at radius 3 is 2.45 bits per heavy atom. The van der Waals surface area contributed by atoms with E-state index >= 15 is 0 Å². The SMILES string of the molecule is N[C@@H](CCC(=O)O)C(=O)OO. The molecule has 64 valence electrons. The van der Waals surface area contributed by atoms with Crippen LogP contribution in [-0.4, -0.2) is 28.3 Å². The summed E-state index contributed by atoms with van der Waals surface area (Å²) in [5.74, 6) is -2.07. The van der Waals surface area contributed by atoms with Gasteiger partial charge in [0.05, 0.1) is 0 Å². The zero-order valence-electron chi connectivity index (χ0n) is 5.69. The van der Waals surface area contributed by atoms with Gasteiger partial charge >= 0.3 is 11.9 Å². The molecule has 0 saturated heterocycles. The van der Waals surface area contributed by atoms with Gasteiger partial charge in [0.2, 0.25) is 0 Å². The fourth-order valence-electron chi connectivity index (χ4n) is 0.465. The summed E-state index contributed by atoms with van der Waals surface area (Å²) < 4.78 is 0. The van der Waals surface area contributed by atoms with Gasteiger partial charge in [-0.1, -0.05) is 0 Å². The van der Waals surface area contributed by atoms with Crippen LogP contribution in [0.1, 0.15) is 12.8 Å². The van der Waals surface area contributed by atoms with Crippen molar-refractivity contribution >= 4 is 11.9 Å². The molecule has 0 rings (SSSR count). The molecule has 0 aliphatic rings. The quantitative estimate of drug-likeness (QED) is 0.369. The van der Waals surface area contributed by atoms with E-state index in [1.54, 1.807) is 0 Å². The van der Waals surface area contributed by atoms with E-state index < -0.39 is 18.0 Å². The molecule has 6 nitrogen and oxygen atoms in total. The molecule has 0 saturated carbocycles. The minimum Gasteiger partial charge on any atom is -0.481 e. The summed E-state index contributed by atoms with van der Waals surface area (Å²) in [4.78, 5) is 23.6. The molecule has 6 heteroatoms. The fourth-order valence-corrected chi connectivity index (χ4v) is 0.465. The molecule has 0 aromatic carbocycles. The van der Waals surface area contributed by atoms with Crippen molar-refractivity contribution in [3.8, 4) is 0 Å². The smallest absolute Gasteiger partial charge is 0.358 e. The normalized spacial score (nSPS) is 12.2. The van der Waals surface area contributed by atoms with Crippen LogP contribution in [0.15, 0.2) is 0 Å². The number of carbonyl (C=O) groups is 2. The lowest BCUT2D eigenvalue weighted by atomic mass is 10.2. The number of aliphatic carboxylic acids is 1. The fraction of sp³-hybridized carbons (Fsp3) is 0.600. The van der Waals surface area contributed by atoms with Crippen molar-refractivity contribution in [2.24, 2.45) is 5.73 Å². The van der Waals surface area contributed by atoms with Crippen molar-refractivity contribution in [3.63, 3.8) is 0 Å². The Labute approximate surface area is 62.5 Å². The van der Waals surface area contributed by atoms with E-state index in [-0.39, 0.29) is 12.8 Å². The second kappa shape index (κ2) is 4.64. The molecule has 0 bridgehead atoms. The first-order valence-corrected chi connectivity index (χ1v) is 2.90. The molecule has 4 N–H and O–H groups in total. The van der Waals surface area contributed by atoms with Crippen LogP contribution in [0.4, 0.5) is 0 Å². The molecule has 0 aliphatic heterocycles. The van der Waals surface area contributed by atoms with Crippen LogP contribution in [0, 0.1) is 0 Å². The van der Waals surface area contributed by atoms with Gasteiger partial charge < -0.3 is 10.8 Å². The predicted octanol–water partition coefficient (Wildman–Crippen LogP) is -0.805. The number of carbonyl (C=O) groups excluding carboxylic acids is 1. The zero-order valence-corrected chi connectivity index (χ0v) is 5.69. The highest BCUT2D eigenvalue weighted by atomic mass is 17.1. The summed E-state index contributed by atoms with van der Waals surface area (Å²) in [7, 11) is 0. The maximum Gasteiger partial charge on any atom is 0.358 e. The third kappa shape index (κ3) is 4.29. The lowest BCUT2D eigenvalue weighted by Crippen LogP contribution is -2.32. The third-order valence-electron chi connectivity index (χ3n) is 1.06. The standard InChI is InChI=1S/C5H9NO5/c6-3(5(9)11-10)1-2-4(7)8/h3,10H,1-2,6H2,(H,7,8)/t3-/m0/s1. The van der Waals surface area contributed by atoms with Gasteiger partial charge in [-0.2, -0.15) is 5.26 Å². The number of hydrogen-bond donors (Lipinski definition) is 3. The van der Waals surface area contributed by atoms with E-state index in [4.69, 9.17) is 16.1 Å². The van der Waals surface area contributed by atoms with Crippen LogP contribution in [0.2, 0.25) is 0 Å². The number of rotatable bonds is 4. The highest BCUT2D eigenvalue weighted by Crippen LogP contribution is 1.95. The topological polar surface area (TPSA) is 110 Å². The first kappa shape index (κ1) is 9.86. The molecular weight excluding hydrogens is 154 g/mol. The van der Waals surface area contributed by atoms with E-state index in [2.05, 4.69) is 4.89 Å². The number of nitrogens with two attached hydrogens (primary N) is 1. The monoisotopic (exact) mass is 163 g/mol. The third-order valence-corrected chi connectivity index (χ3v) is 1.06. The molecule has 0 aromatic rings. The predicted molar refractivity (Wildman–Crippen MR) is 33.6 cm³/mol. The molecule has 0 unspecified atom stereocenters. The van der Waals surface area contributed by atoms with Crippen molar-refractivity contribution < 1.29 is 24.8 Å². The van der Waals surface area contributed by atoms with Gasteiger partial charge in [0, 0.05) is 6.42 Å². The minimum atomic E-state index is -1.07. The number of carboxylic acids is 1. The first-order chi connectivity index (χ1) is 5.07. The molecule has 0 amide bonds. The summed E-state index contributed by atoms with van der Waals surface area (Å²) in [5, 5.41) is 15.9. The Bertz CT molecular complexity index is 157. The average Bonchev–Trinajstić information content (AvgIpc) is 1.98. The lowest BCUT2D eigenvalue weighted by molar-refractivity contribution is -0.235. The van der Waals surface area contributed by atoms with Crippen LogP contribution in [0.25, 0.3) is 0 Å². The van der Waals surface area contributed by atoms with Crippen molar-refractivity contribution in [2.75, 3.05) is 0 Å². The van der Waals surface area contributed by atoms with E-state index in [0.717, 1.165) is 0 Å². The molecular formula is C5H9NO5. The van der Waals surface area contributed by atoms with Gasteiger partial charge in [0.15, 0.2) is 0 Å². The molecule has 0 heterocycles. The van der Waals surface area contributed by atoms with E-state index in [1.807, 2.05) is 0 Å². The van der Waals surface area contributed by atoms with Crippen LogP contribution in [0.3, 0.4) is 0 Å². The highest BCUT2D eigenvalue weighted by molar-refractivity contribution is 5.76. The lowest BCUT2D eigenvalue weighted by Gasteiger charge is -2.03. The van der Waals surface area contributed by atoms with Gasteiger partial charge in [0.25, 0.3) is 0 Å². The van der Waals surface area contributed by atoms with E-state index in [1.165, 1.54) is 0 Å². The zero-order chi connectivity index (χ0) is 8.85. The number of carboxylic acid groups (broad SMARTS) is 1. The van der Waals surface area contributed by atoms with Crippen LogP contribution < -0.4 is 5.73 Å². The Balaban J connectivity index is 3.60. The summed E-state index contributed by atoms with van der Waals surface area (Å²) in [6.07, 6.45) is -0.273. The molecule has 11 heavy (non-hydrogen) atoms. The minimum absolute atomic E-state index is 0.0469. The second-order valence-electron chi connectivity index (χ2n) is 1.95. The summed E-state index contributed by atoms with van der Waals surface area (Å²) in [5.41, 5.74) is 5.08. The van der Waals surface area contributed by atoms with Gasteiger partial charge in [0.1, 0.15) is 6.04 Å². The van der Waals surface area contributed by atoms with E-state index in [0.29, 0.717) is 0 Å². The maximum absolute atomic E-state index is 10.3. The van der Waals surface area contributed by atoms with Gasteiger partial charge in [-0.05, 0) is 6.42 Å². The first-order valence-electron chi connectivity index (χ1n) is 2.90. The Hall–Kier alpha value is -1.14.